The molecule has 15 heavy (non-hydrogen) atoms. The zero-order valence-corrected chi connectivity index (χ0v) is 9.45. The van der Waals surface area contributed by atoms with Crippen molar-refractivity contribution < 1.29 is 0 Å². The minimum absolute atomic E-state index is 0.643. The number of piperazine rings is 1. The molecule has 2 heteroatoms. The summed E-state index contributed by atoms with van der Waals surface area (Å²) in [7, 11) is 0. The van der Waals surface area contributed by atoms with E-state index in [-0.39, 0.29) is 0 Å². The van der Waals surface area contributed by atoms with E-state index in [1.165, 1.54) is 25.2 Å². The van der Waals surface area contributed by atoms with Gasteiger partial charge in [-0.25, -0.2) is 0 Å². The Labute approximate surface area is 92.3 Å². The van der Waals surface area contributed by atoms with Crippen LogP contribution in [0, 0.1) is 0 Å². The Morgan fingerprint density at radius 3 is 2.53 bits per heavy atom. The van der Waals surface area contributed by atoms with Crippen LogP contribution in [0.15, 0.2) is 30.3 Å². The molecule has 0 aliphatic carbocycles. The highest BCUT2D eigenvalue weighted by Crippen LogP contribution is 2.15. The summed E-state index contributed by atoms with van der Waals surface area (Å²) in [4.78, 5) is 2.55. The largest absolute Gasteiger partial charge is 0.314 e. The van der Waals surface area contributed by atoms with Gasteiger partial charge in [-0.05, 0) is 11.5 Å². The Bertz CT molecular complexity index is 278. The van der Waals surface area contributed by atoms with E-state index in [2.05, 4.69) is 47.5 Å². The molecule has 82 valence electrons. The van der Waals surface area contributed by atoms with Gasteiger partial charge < -0.3 is 10.2 Å². The van der Waals surface area contributed by atoms with Crippen LogP contribution in [-0.4, -0.2) is 37.6 Å². The Morgan fingerprint density at radius 2 is 1.87 bits per heavy atom. The summed E-state index contributed by atoms with van der Waals surface area (Å²) in [6.07, 6.45) is 0. The van der Waals surface area contributed by atoms with Gasteiger partial charge in [0, 0.05) is 32.7 Å². The van der Waals surface area contributed by atoms with Gasteiger partial charge in [-0.15, -0.1) is 0 Å². The first-order valence-corrected chi connectivity index (χ1v) is 5.84. The van der Waals surface area contributed by atoms with Gasteiger partial charge >= 0.3 is 0 Å². The van der Waals surface area contributed by atoms with Crippen molar-refractivity contribution in [1.29, 1.82) is 0 Å². The maximum absolute atomic E-state index is 3.39. The molecule has 1 aromatic rings. The van der Waals surface area contributed by atoms with Crippen molar-refractivity contribution in [2.45, 2.75) is 12.8 Å². The highest BCUT2D eigenvalue weighted by Gasteiger charge is 2.13. The van der Waals surface area contributed by atoms with Crippen LogP contribution in [0.2, 0.25) is 0 Å². The molecule has 0 saturated carbocycles. The van der Waals surface area contributed by atoms with Crippen LogP contribution in [-0.2, 0) is 0 Å². The van der Waals surface area contributed by atoms with Crippen molar-refractivity contribution in [3.05, 3.63) is 35.9 Å². The van der Waals surface area contributed by atoms with E-state index in [0.717, 1.165) is 13.1 Å². The van der Waals surface area contributed by atoms with Gasteiger partial charge in [0.15, 0.2) is 0 Å². The molecule has 1 aliphatic heterocycles. The quantitative estimate of drug-likeness (QED) is 0.806. The number of nitrogens with one attached hydrogen (secondary N) is 1. The molecule has 1 aliphatic rings. The fourth-order valence-corrected chi connectivity index (χ4v) is 2.17. The molecule has 0 unspecified atom stereocenters. The summed E-state index contributed by atoms with van der Waals surface area (Å²) in [5.41, 5.74) is 1.45. The molecule has 2 rings (SSSR count). The Balaban J connectivity index is 1.88. The van der Waals surface area contributed by atoms with Gasteiger partial charge in [0.2, 0.25) is 0 Å². The first kappa shape index (κ1) is 10.7. The second-order valence-corrected chi connectivity index (χ2v) is 4.36. The van der Waals surface area contributed by atoms with Gasteiger partial charge in [-0.2, -0.15) is 0 Å². The van der Waals surface area contributed by atoms with E-state index in [9.17, 15) is 0 Å². The van der Waals surface area contributed by atoms with Gasteiger partial charge in [-0.3, -0.25) is 0 Å². The third-order valence-electron chi connectivity index (χ3n) is 3.11. The zero-order valence-electron chi connectivity index (χ0n) is 9.45. The van der Waals surface area contributed by atoms with Gasteiger partial charge in [0.1, 0.15) is 0 Å². The minimum atomic E-state index is 0.643. The number of benzene rings is 1. The molecule has 1 aromatic carbocycles. The second-order valence-electron chi connectivity index (χ2n) is 4.36. The number of hydrogen-bond donors (Lipinski definition) is 1. The lowest BCUT2D eigenvalue weighted by atomic mass is 10.0. The predicted octanol–water partition coefficient (Wildman–Crippen LogP) is 1.70. The molecule has 2 nitrogen and oxygen atoms in total. The summed E-state index contributed by atoms with van der Waals surface area (Å²) in [5.74, 6) is 0.643. The Morgan fingerprint density at radius 1 is 1.20 bits per heavy atom. The SMILES string of the molecule is C[C@H](CN1CCNCC1)c1ccccc1. The lowest BCUT2D eigenvalue weighted by Crippen LogP contribution is -2.44. The maximum Gasteiger partial charge on any atom is 0.0108 e. The zero-order chi connectivity index (χ0) is 10.5. The van der Waals surface area contributed by atoms with Gasteiger partial charge in [0.25, 0.3) is 0 Å². The second kappa shape index (κ2) is 5.29. The van der Waals surface area contributed by atoms with Crippen molar-refractivity contribution in [2.24, 2.45) is 0 Å². The lowest BCUT2D eigenvalue weighted by Gasteiger charge is -2.29. The number of hydrogen-bond acceptors (Lipinski definition) is 2. The predicted molar refractivity (Wildman–Crippen MR) is 64.2 cm³/mol. The third-order valence-corrected chi connectivity index (χ3v) is 3.11. The van der Waals surface area contributed by atoms with Crippen LogP contribution in [0.25, 0.3) is 0 Å². The van der Waals surface area contributed by atoms with Crippen LogP contribution in [0.5, 0.6) is 0 Å². The van der Waals surface area contributed by atoms with E-state index in [0.29, 0.717) is 5.92 Å². The normalized spacial score (nSPS) is 20.1. The molecule has 1 heterocycles. The summed E-state index contributed by atoms with van der Waals surface area (Å²) in [6, 6.07) is 10.8. The van der Waals surface area contributed by atoms with Crippen LogP contribution < -0.4 is 5.32 Å². The average Bonchev–Trinajstić information content (AvgIpc) is 2.31. The van der Waals surface area contributed by atoms with E-state index >= 15 is 0 Å². The van der Waals surface area contributed by atoms with Crippen molar-refractivity contribution >= 4 is 0 Å². The van der Waals surface area contributed by atoms with Crippen LogP contribution in [0.1, 0.15) is 18.4 Å². The lowest BCUT2D eigenvalue weighted by molar-refractivity contribution is 0.230. The molecule has 1 fully saturated rings. The van der Waals surface area contributed by atoms with E-state index in [1.54, 1.807) is 0 Å². The number of rotatable bonds is 3. The molecule has 1 atom stereocenters. The molecule has 0 bridgehead atoms. The van der Waals surface area contributed by atoms with Crippen molar-refractivity contribution in [3.63, 3.8) is 0 Å². The van der Waals surface area contributed by atoms with E-state index in [1.807, 2.05) is 0 Å². The van der Waals surface area contributed by atoms with Crippen LogP contribution in [0.4, 0.5) is 0 Å². The highest BCUT2D eigenvalue weighted by molar-refractivity contribution is 5.19. The topological polar surface area (TPSA) is 15.3 Å². The third kappa shape index (κ3) is 3.05. The van der Waals surface area contributed by atoms with Gasteiger partial charge in [0.05, 0.1) is 0 Å². The summed E-state index contributed by atoms with van der Waals surface area (Å²) >= 11 is 0. The van der Waals surface area contributed by atoms with Gasteiger partial charge in [-0.1, -0.05) is 37.3 Å². The summed E-state index contributed by atoms with van der Waals surface area (Å²) in [5, 5.41) is 3.39. The number of nitrogens with zero attached hydrogens (tertiary/aromatic N) is 1. The van der Waals surface area contributed by atoms with Crippen molar-refractivity contribution in [2.75, 3.05) is 32.7 Å². The molecule has 0 spiro atoms. The molecule has 0 amide bonds. The fraction of sp³-hybridized carbons (Fsp3) is 0.538. The van der Waals surface area contributed by atoms with Crippen molar-refractivity contribution in [1.82, 2.24) is 10.2 Å². The van der Waals surface area contributed by atoms with E-state index in [4.69, 9.17) is 0 Å². The molecular formula is C13H20N2. The molecule has 1 N–H and O–H groups in total. The molecule has 0 radical (unpaired) electrons. The van der Waals surface area contributed by atoms with Crippen molar-refractivity contribution in [3.8, 4) is 0 Å². The standard InChI is InChI=1S/C13H20N2/c1-12(13-5-3-2-4-6-13)11-15-9-7-14-8-10-15/h2-6,12,14H,7-11H2,1H3/t12-/m1/s1. The average molecular weight is 204 g/mol. The monoisotopic (exact) mass is 204 g/mol. The van der Waals surface area contributed by atoms with Crippen LogP contribution in [0.3, 0.4) is 0 Å². The maximum atomic E-state index is 3.39. The fourth-order valence-electron chi connectivity index (χ4n) is 2.17. The first-order valence-electron chi connectivity index (χ1n) is 5.84. The minimum Gasteiger partial charge on any atom is -0.314 e. The van der Waals surface area contributed by atoms with E-state index < -0.39 is 0 Å². The smallest absolute Gasteiger partial charge is 0.0108 e. The molecule has 0 aromatic heterocycles. The summed E-state index contributed by atoms with van der Waals surface area (Å²) in [6.45, 7) is 8.17. The Kier molecular flexibility index (Phi) is 3.75. The Hall–Kier alpha value is -0.860. The molecular weight excluding hydrogens is 184 g/mol. The molecule has 1 saturated heterocycles. The summed E-state index contributed by atoms with van der Waals surface area (Å²) < 4.78 is 0. The highest BCUT2D eigenvalue weighted by atomic mass is 15.2. The van der Waals surface area contributed by atoms with Crippen LogP contribution >= 0.6 is 0 Å². The first-order chi connectivity index (χ1) is 7.36.